The fourth-order valence-corrected chi connectivity index (χ4v) is 4.29. The second-order valence-corrected chi connectivity index (χ2v) is 8.56. The van der Waals surface area contributed by atoms with E-state index in [0.717, 1.165) is 41.6 Å². The monoisotopic (exact) mass is 464 g/mol. The van der Waals surface area contributed by atoms with Gasteiger partial charge in [0, 0.05) is 43.5 Å². The number of H-pyrrole nitrogens is 1. The molecular weight excluding hydrogens is 432 g/mol. The summed E-state index contributed by atoms with van der Waals surface area (Å²) in [5.74, 6) is -0.361. The molecular formula is C26H32N4O4. The van der Waals surface area contributed by atoms with Crippen molar-refractivity contribution in [3.8, 4) is 11.1 Å². The van der Waals surface area contributed by atoms with Gasteiger partial charge in [0.1, 0.15) is 0 Å². The molecule has 0 bridgehead atoms. The molecule has 0 aliphatic carbocycles. The molecule has 8 heteroatoms. The van der Waals surface area contributed by atoms with E-state index >= 15 is 0 Å². The minimum Gasteiger partial charge on any atom is -0.378 e. The number of morpholine rings is 1. The summed E-state index contributed by atoms with van der Waals surface area (Å²) in [7, 11) is 0. The molecule has 1 aromatic heterocycles. The van der Waals surface area contributed by atoms with Gasteiger partial charge in [-0.2, -0.15) is 0 Å². The number of carbonyl (C=O) groups excluding carboxylic acids is 2. The summed E-state index contributed by atoms with van der Waals surface area (Å²) in [5.41, 5.74) is 5.86. The zero-order valence-corrected chi connectivity index (χ0v) is 19.3. The predicted molar refractivity (Wildman–Crippen MR) is 132 cm³/mol. The summed E-state index contributed by atoms with van der Waals surface area (Å²) in [6.07, 6.45) is 5.56. The van der Waals surface area contributed by atoms with Gasteiger partial charge in [-0.1, -0.05) is 37.1 Å². The molecule has 3 aromatic rings. The first kappa shape index (κ1) is 23.8. The van der Waals surface area contributed by atoms with E-state index in [-0.39, 0.29) is 11.9 Å². The molecule has 0 radical (unpaired) electrons. The molecule has 0 unspecified atom stereocenters. The van der Waals surface area contributed by atoms with Crippen LogP contribution in [0.1, 0.15) is 32.1 Å². The Balaban J connectivity index is 1.43. The Morgan fingerprint density at radius 3 is 2.47 bits per heavy atom. The third kappa shape index (κ3) is 5.95. The summed E-state index contributed by atoms with van der Waals surface area (Å²) in [5, 5.41) is 9.77. The lowest BCUT2D eigenvalue weighted by molar-refractivity contribution is -0.129. The van der Waals surface area contributed by atoms with Crippen LogP contribution in [0.5, 0.6) is 0 Å². The number of rotatable bonds is 9. The summed E-state index contributed by atoms with van der Waals surface area (Å²) >= 11 is 0. The molecule has 1 aliphatic heterocycles. The predicted octanol–water partition coefficient (Wildman–Crippen LogP) is 4.55. The van der Waals surface area contributed by atoms with Gasteiger partial charge in [-0.3, -0.25) is 14.9 Å². The summed E-state index contributed by atoms with van der Waals surface area (Å²) in [4.78, 5) is 31.4. The van der Waals surface area contributed by atoms with Gasteiger partial charge in [0.25, 0.3) is 0 Å². The quantitative estimate of drug-likeness (QED) is 0.246. The van der Waals surface area contributed by atoms with Crippen LogP contribution in [-0.2, 0) is 9.53 Å². The molecule has 2 heterocycles. The Morgan fingerprint density at radius 2 is 1.71 bits per heavy atom. The number of benzene rings is 2. The highest BCUT2D eigenvalue weighted by atomic mass is 16.5. The van der Waals surface area contributed by atoms with Gasteiger partial charge < -0.3 is 14.6 Å². The number of nitrogens with one attached hydrogen (secondary N) is 2. The van der Waals surface area contributed by atoms with E-state index in [0.29, 0.717) is 45.7 Å². The first-order chi connectivity index (χ1) is 16.7. The molecule has 1 fully saturated rings. The lowest BCUT2D eigenvalue weighted by Crippen LogP contribution is -2.48. The summed E-state index contributed by atoms with van der Waals surface area (Å²) in [6.45, 7) is 2.93. The van der Waals surface area contributed by atoms with Crippen molar-refractivity contribution in [2.24, 2.45) is 0 Å². The van der Waals surface area contributed by atoms with Crippen molar-refractivity contribution in [3.05, 3.63) is 54.7 Å². The van der Waals surface area contributed by atoms with Gasteiger partial charge in [0.05, 0.1) is 13.2 Å². The van der Waals surface area contributed by atoms with E-state index in [1.54, 1.807) is 5.48 Å². The van der Waals surface area contributed by atoms with Gasteiger partial charge in [0.15, 0.2) is 0 Å². The van der Waals surface area contributed by atoms with Crippen LogP contribution in [-0.4, -0.2) is 59.9 Å². The standard InChI is InChI=1S/C26H32N4O4/c31-25(28-33)5-3-1-2-4-14-30(26(32)29-15-17-34-18-16-29)23-10-8-20(9-11-23)22-7-6-21-12-13-27-24(21)19-22/h6-13,19,27,33H,1-5,14-18H2,(H,28,31). The first-order valence-corrected chi connectivity index (χ1v) is 11.9. The Morgan fingerprint density at radius 1 is 0.971 bits per heavy atom. The van der Waals surface area contributed by atoms with Gasteiger partial charge in [-0.15, -0.1) is 0 Å². The van der Waals surface area contributed by atoms with Crippen LogP contribution in [0.25, 0.3) is 22.0 Å². The van der Waals surface area contributed by atoms with Crippen molar-refractivity contribution in [1.29, 1.82) is 0 Å². The highest BCUT2D eigenvalue weighted by molar-refractivity contribution is 5.92. The molecule has 1 saturated heterocycles. The highest BCUT2D eigenvalue weighted by Gasteiger charge is 2.24. The molecule has 0 saturated carbocycles. The van der Waals surface area contributed by atoms with Crippen molar-refractivity contribution in [1.82, 2.24) is 15.4 Å². The Bertz CT molecular complexity index is 1090. The molecule has 0 spiro atoms. The number of urea groups is 1. The molecule has 3 amide bonds. The topological polar surface area (TPSA) is 97.9 Å². The van der Waals surface area contributed by atoms with E-state index in [1.807, 2.05) is 28.1 Å². The number of aromatic amines is 1. The molecule has 1 aliphatic rings. The number of ether oxygens (including phenoxy) is 1. The number of hydrogen-bond acceptors (Lipinski definition) is 4. The number of anilines is 1. The smallest absolute Gasteiger partial charge is 0.324 e. The van der Waals surface area contributed by atoms with E-state index in [2.05, 4.69) is 41.4 Å². The second-order valence-electron chi connectivity index (χ2n) is 8.56. The van der Waals surface area contributed by atoms with Crippen LogP contribution in [0.4, 0.5) is 10.5 Å². The minimum atomic E-state index is -0.361. The maximum absolute atomic E-state index is 13.3. The number of unbranched alkanes of at least 4 members (excludes halogenated alkanes) is 3. The third-order valence-corrected chi connectivity index (χ3v) is 6.24. The summed E-state index contributed by atoms with van der Waals surface area (Å²) in [6, 6.07) is 16.6. The lowest BCUT2D eigenvalue weighted by Gasteiger charge is -2.33. The van der Waals surface area contributed by atoms with E-state index in [1.165, 1.54) is 5.39 Å². The van der Waals surface area contributed by atoms with Crippen LogP contribution in [0.2, 0.25) is 0 Å². The van der Waals surface area contributed by atoms with Crippen molar-refractivity contribution in [3.63, 3.8) is 0 Å². The second kappa shape index (κ2) is 11.7. The molecule has 2 aromatic carbocycles. The normalized spacial score (nSPS) is 13.7. The number of nitrogens with zero attached hydrogens (tertiary/aromatic N) is 2. The van der Waals surface area contributed by atoms with E-state index < -0.39 is 0 Å². The zero-order chi connectivity index (χ0) is 23.8. The number of carbonyl (C=O) groups is 2. The number of hydroxylamine groups is 1. The summed E-state index contributed by atoms with van der Waals surface area (Å²) < 4.78 is 5.41. The van der Waals surface area contributed by atoms with E-state index in [4.69, 9.17) is 9.94 Å². The third-order valence-electron chi connectivity index (χ3n) is 6.24. The maximum Gasteiger partial charge on any atom is 0.324 e. The van der Waals surface area contributed by atoms with Gasteiger partial charge in [-0.05, 0) is 53.6 Å². The molecule has 34 heavy (non-hydrogen) atoms. The van der Waals surface area contributed by atoms with E-state index in [9.17, 15) is 9.59 Å². The largest absolute Gasteiger partial charge is 0.378 e. The number of amides is 3. The molecule has 4 rings (SSSR count). The SMILES string of the molecule is O=C(CCCCCCN(C(=O)N1CCOCC1)c1ccc(-c2ccc3cc[nH]c3c2)cc1)NO. The number of fused-ring (bicyclic) bond motifs is 1. The van der Waals surface area contributed by atoms with Gasteiger partial charge in [-0.25, -0.2) is 10.3 Å². The molecule has 3 N–H and O–H groups in total. The Labute approximate surface area is 199 Å². The first-order valence-electron chi connectivity index (χ1n) is 11.9. The average Bonchev–Trinajstić information content (AvgIpc) is 3.36. The fraction of sp³-hybridized carbons (Fsp3) is 0.385. The van der Waals surface area contributed by atoms with Crippen LogP contribution in [0.15, 0.2) is 54.7 Å². The van der Waals surface area contributed by atoms with Crippen LogP contribution >= 0.6 is 0 Å². The molecule has 0 atom stereocenters. The minimum absolute atomic E-state index is 0.00325. The molecule has 8 nitrogen and oxygen atoms in total. The van der Waals surface area contributed by atoms with Crippen molar-refractivity contribution in [2.75, 3.05) is 37.7 Å². The lowest BCUT2D eigenvalue weighted by atomic mass is 10.0. The van der Waals surface area contributed by atoms with Crippen molar-refractivity contribution >= 4 is 28.5 Å². The van der Waals surface area contributed by atoms with Gasteiger partial charge in [0.2, 0.25) is 5.91 Å². The fourth-order valence-electron chi connectivity index (χ4n) is 4.29. The Hall–Kier alpha value is -3.36. The highest BCUT2D eigenvalue weighted by Crippen LogP contribution is 2.27. The van der Waals surface area contributed by atoms with Gasteiger partial charge >= 0.3 is 6.03 Å². The number of aromatic nitrogens is 1. The number of hydrogen-bond donors (Lipinski definition) is 3. The van der Waals surface area contributed by atoms with Crippen molar-refractivity contribution in [2.45, 2.75) is 32.1 Å². The Kier molecular flexibility index (Phi) is 8.17. The molecule has 180 valence electrons. The maximum atomic E-state index is 13.3. The zero-order valence-electron chi connectivity index (χ0n) is 19.3. The van der Waals surface area contributed by atoms with Crippen LogP contribution in [0, 0.1) is 0 Å². The average molecular weight is 465 g/mol. The van der Waals surface area contributed by atoms with Crippen LogP contribution in [0.3, 0.4) is 0 Å². The van der Waals surface area contributed by atoms with Crippen LogP contribution < -0.4 is 10.4 Å². The van der Waals surface area contributed by atoms with Crippen molar-refractivity contribution < 1.29 is 19.5 Å².